The van der Waals surface area contributed by atoms with E-state index in [1.165, 1.54) is 0 Å². The van der Waals surface area contributed by atoms with E-state index in [2.05, 4.69) is 31.1 Å². The predicted molar refractivity (Wildman–Crippen MR) is 49.9 cm³/mol. The topological polar surface area (TPSA) is 86.8 Å². The van der Waals surface area contributed by atoms with Crippen LogP contribution in [0.1, 0.15) is 11.7 Å². The molecule has 1 N–H and O–H groups in total. The molecule has 0 aliphatic heterocycles. The van der Waals surface area contributed by atoms with Gasteiger partial charge in [0.25, 0.3) is 0 Å². The van der Waals surface area contributed by atoms with E-state index in [1.54, 1.807) is 17.8 Å². The van der Waals surface area contributed by atoms with Crippen molar-refractivity contribution in [2.45, 2.75) is 6.04 Å². The highest BCUT2D eigenvalue weighted by Crippen LogP contribution is 2.19. The van der Waals surface area contributed by atoms with Crippen LogP contribution < -0.4 is 0 Å². The van der Waals surface area contributed by atoms with E-state index in [4.69, 9.17) is 10.6 Å². The Morgan fingerprint density at radius 1 is 1.92 bits per heavy atom. The maximum Gasteiger partial charge on any atom is 0.128 e. The fourth-order valence-corrected chi connectivity index (χ4v) is 1.48. The second kappa shape index (κ2) is 4.27. The zero-order valence-electron chi connectivity index (χ0n) is 6.92. The highest BCUT2D eigenvalue weighted by atomic mass is 79.9. The van der Waals surface area contributed by atoms with Crippen LogP contribution in [-0.4, -0.2) is 21.5 Å². The normalized spacial score (nSPS) is 12.2. The average Bonchev–Trinajstić information content (AvgIpc) is 2.41. The Bertz CT molecular complexity index is 343. The molecule has 1 aromatic rings. The van der Waals surface area contributed by atoms with Gasteiger partial charge in [0.05, 0.1) is 12.3 Å². The first-order valence-electron chi connectivity index (χ1n) is 3.53. The Hall–Kier alpha value is -1.04. The van der Waals surface area contributed by atoms with E-state index in [0.717, 1.165) is 0 Å². The van der Waals surface area contributed by atoms with E-state index in [0.29, 0.717) is 10.3 Å². The lowest BCUT2D eigenvalue weighted by atomic mass is 10.2. The molecule has 0 fully saturated rings. The molecule has 7 heteroatoms. The standard InChI is InChI=1S/C6H8BrN5O/c1-12-5(2-6(7)10-12)4(3-13)9-11-8/h2,4,13H,3H2,1H3. The van der Waals surface area contributed by atoms with Gasteiger partial charge in [0.15, 0.2) is 0 Å². The molecule has 1 unspecified atom stereocenters. The largest absolute Gasteiger partial charge is 0.396 e. The molecule has 70 valence electrons. The highest BCUT2D eigenvalue weighted by Gasteiger charge is 2.13. The van der Waals surface area contributed by atoms with Gasteiger partial charge in [-0.25, -0.2) is 0 Å². The van der Waals surface area contributed by atoms with Crippen LogP contribution >= 0.6 is 15.9 Å². The summed E-state index contributed by atoms with van der Waals surface area (Å²) < 4.78 is 2.20. The number of nitrogens with zero attached hydrogens (tertiary/aromatic N) is 5. The third kappa shape index (κ3) is 2.21. The van der Waals surface area contributed by atoms with Gasteiger partial charge in [-0.3, -0.25) is 4.68 Å². The molecule has 0 aliphatic rings. The summed E-state index contributed by atoms with van der Waals surface area (Å²) in [5, 5.41) is 16.4. The third-order valence-electron chi connectivity index (χ3n) is 1.59. The van der Waals surface area contributed by atoms with Crippen molar-refractivity contribution in [3.8, 4) is 0 Å². The summed E-state index contributed by atoms with van der Waals surface area (Å²) in [6.07, 6.45) is 0. The van der Waals surface area contributed by atoms with Crippen molar-refractivity contribution in [3.05, 3.63) is 26.8 Å². The van der Waals surface area contributed by atoms with Crippen LogP contribution in [0.25, 0.3) is 10.4 Å². The summed E-state index contributed by atoms with van der Waals surface area (Å²) in [6.45, 7) is -0.226. The maximum atomic E-state index is 8.92. The number of hydrogen-bond donors (Lipinski definition) is 1. The molecular formula is C6H8BrN5O. The number of azide groups is 1. The molecule has 0 aliphatic carbocycles. The van der Waals surface area contributed by atoms with Gasteiger partial charge in [-0.1, -0.05) is 5.11 Å². The van der Waals surface area contributed by atoms with Gasteiger partial charge in [0, 0.05) is 12.0 Å². The molecule has 1 aromatic heterocycles. The van der Waals surface area contributed by atoms with Gasteiger partial charge in [-0.15, -0.1) is 0 Å². The molecule has 13 heavy (non-hydrogen) atoms. The molecule has 0 radical (unpaired) electrons. The van der Waals surface area contributed by atoms with E-state index in [1.807, 2.05) is 0 Å². The van der Waals surface area contributed by atoms with E-state index < -0.39 is 6.04 Å². The number of aliphatic hydroxyl groups is 1. The smallest absolute Gasteiger partial charge is 0.128 e. The van der Waals surface area contributed by atoms with Crippen molar-refractivity contribution in [3.63, 3.8) is 0 Å². The SMILES string of the molecule is Cn1nc(Br)cc1C(CO)N=[N+]=[N-]. The van der Waals surface area contributed by atoms with Crippen molar-refractivity contribution < 1.29 is 5.11 Å². The van der Waals surface area contributed by atoms with E-state index in [9.17, 15) is 0 Å². The Balaban J connectivity index is 3.03. The number of aromatic nitrogens is 2. The minimum atomic E-state index is -0.575. The molecular weight excluding hydrogens is 238 g/mol. The first-order chi connectivity index (χ1) is 6.19. The lowest BCUT2D eigenvalue weighted by molar-refractivity contribution is 0.263. The Morgan fingerprint density at radius 3 is 3.00 bits per heavy atom. The fourth-order valence-electron chi connectivity index (χ4n) is 1.01. The van der Waals surface area contributed by atoms with Crippen molar-refractivity contribution >= 4 is 15.9 Å². The van der Waals surface area contributed by atoms with Crippen LogP contribution in [0.4, 0.5) is 0 Å². The van der Waals surface area contributed by atoms with Gasteiger partial charge in [-0.05, 0) is 27.5 Å². The Kier molecular flexibility index (Phi) is 3.30. The van der Waals surface area contributed by atoms with Gasteiger partial charge in [-0.2, -0.15) is 5.10 Å². The van der Waals surface area contributed by atoms with Crippen molar-refractivity contribution in [2.24, 2.45) is 12.2 Å². The second-order valence-electron chi connectivity index (χ2n) is 2.42. The monoisotopic (exact) mass is 245 g/mol. The van der Waals surface area contributed by atoms with E-state index in [-0.39, 0.29) is 6.61 Å². The second-order valence-corrected chi connectivity index (χ2v) is 3.23. The molecule has 1 atom stereocenters. The van der Waals surface area contributed by atoms with Crippen LogP contribution in [0.2, 0.25) is 0 Å². The van der Waals surface area contributed by atoms with Gasteiger partial charge in [0.1, 0.15) is 10.6 Å². The van der Waals surface area contributed by atoms with Crippen molar-refractivity contribution in [2.75, 3.05) is 6.61 Å². The molecule has 0 saturated carbocycles. The molecule has 6 nitrogen and oxygen atoms in total. The van der Waals surface area contributed by atoms with Crippen LogP contribution in [0, 0.1) is 0 Å². The molecule has 1 rings (SSSR count). The summed E-state index contributed by atoms with van der Waals surface area (Å²) in [4.78, 5) is 2.64. The quantitative estimate of drug-likeness (QED) is 0.498. The lowest BCUT2D eigenvalue weighted by Gasteiger charge is -2.06. The number of aryl methyl sites for hydroxylation is 1. The maximum absolute atomic E-state index is 8.92. The zero-order chi connectivity index (χ0) is 9.84. The Morgan fingerprint density at radius 2 is 2.62 bits per heavy atom. The van der Waals surface area contributed by atoms with Crippen LogP contribution in [0.3, 0.4) is 0 Å². The molecule has 1 heterocycles. The summed E-state index contributed by atoms with van der Waals surface area (Å²) in [5.41, 5.74) is 8.91. The summed E-state index contributed by atoms with van der Waals surface area (Å²) >= 11 is 3.18. The van der Waals surface area contributed by atoms with Crippen LogP contribution in [0.5, 0.6) is 0 Å². The molecule has 0 bridgehead atoms. The Labute approximate surface area is 82.9 Å². The fraction of sp³-hybridized carbons (Fsp3) is 0.500. The minimum Gasteiger partial charge on any atom is -0.396 e. The first-order valence-corrected chi connectivity index (χ1v) is 4.33. The first kappa shape index (κ1) is 10.0. The number of halogens is 1. The minimum absolute atomic E-state index is 0.226. The predicted octanol–water partition coefficient (Wildman–Crippen LogP) is 1.53. The van der Waals surface area contributed by atoms with E-state index >= 15 is 0 Å². The molecule has 0 saturated heterocycles. The number of aliphatic hydroxyl groups excluding tert-OH is 1. The third-order valence-corrected chi connectivity index (χ3v) is 1.98. The van der Waals surface area contributed by atoms with Crippen molar-refractivity contribution in [1.29, 1.82) is 0 Å². The average molecular weight is 246 g/mol. The van der Waals surface area contributed by atoms with Crippen LogP contribution in [0.15, 0.2) is 15.8 Å². The van der Waals surface area contributed by atoms with Gasteiger partial charge in [0.2, 0.25) is 0 Å². The summed E-state index contributed by atoms with van der Waals surface area (Å²) in [5.74, 6) is 0. The van der Waals surface area contributed by atoms with Crippen molar-refractivity contribution in [1.82, 2.24) is 9.78 Å². The lowest BCUT2D eigenvalue weighted by Crippen LogP contribution is -2.06. The molecule has 0 aromatic carbocycles. The zero-order valence-corrected chi connectivity index (χ0v) is 8.51. The van der Waals surface area contributed by atoms with Crippen LogP contribution in [-0.2, 0) is 7.05 Å². The van der Waals surface area contributed by atoms with Gasteiger partial charge < -0.3 is 5.11 Å². The number of hydrogen-bond acceptors (Lipinski definition) is 3. The molecule has 0 spiro atoms. The molecule has 0 amide bonds. The highest BCUT2D eigenvalue weighted by molar-refractivity contribution is 9.10. The number of rotatable bonds is 3. The summed E-state index contributed by atoms with van der Waals surface area (Å²) in [7, 11) is 1.72. The summed E-state index contributed by atoms with van der Waals surface area (Å²) in [6, 6.07) is 1.13. The van der Waals surface area contributed by atoms with Gasteiger partial charge >= 0.3 is 0 Å².